The lowest BCUT2D eigenvalue weighted by Crippen LogP contribution is -3.06. The molecule has 0 spiro atoms. The summed E-state index contributed by atoms with van der Waals surface area (Å²) >= 11 is 5.64. The number of quaternary nitrogens is 1. The highest BCUT2D eigenvalue weighted by atomic mass is 32.1. The first-order chi connectivity index (χ1) is 12.9. The van der Waals surface area contributed by atoms with Gasteiger partial charge in [-0.3, -0.25) is 14.3 Å². The maximum absolute atomic E-state index is 12.7. The number of anilines is 2. The molecule has 152 valence electrons. The molecule has 0 saturated heterocycles. The second kappa shape index (κ2) is 9.89. The van der Waals surface area contributed by atoms with Crippen molar-refractivity contribution in [2.24, 2.45) is 0 Å². The average Bonchev–Trinajstić information content (AvgIpc) is 3.11. The molecule has 1 aliphatic carbocycles. The van der Waals surface area contributed by atoms with E-state index in [1.807, 2.05) is 11.8 Å². The first-order valence-corrected chi connectivity index (χ1v) is 10.3. The van der Waals surface area contributed by atoms with E-state index >= 15 is 0 Å². The molecule has 8 nitrogen and oxygen atoms in total. The van der Waals surface area contributed by atoms with Crippen molar-refractivity contribution >= 4 is 28.8 Å². The Hall–Kier alpha value is -1.87. The van der Waals surface area contributed by atoms with Crippen LogP contribution in [-0.2, 0) is 6.54 Å². The molecule has 1 fully saturated rings. The number of nitrogens with one attached hydrogen (secondary N) is 3. The molecule has 1 saturated carbocycles. The lowest BCUT2D eigenvalue weighted by atomic mass is 10.2. The highest BCUT2D eigenvalue weighted by Gasteiger charge is 2.30. The Labute approximate surface area is 165 Å². The average molecular weight is 398 g/mol. The number of nitrogen functional groups attached to an aromatic ring is 1. The molecule has 5 N–H and O–H groups in total. The van der Waals surface area contributed by atoms with E-state index in [4.69, 9.17) is 18.0 Å². The van der Waals surface area contributed by atoms with Gasteiger partial charge in [-0.05, 0) is 31.5 Å². The number of aromatic nitrogens is 2. The zero-order valence-electron chi connectivity index (χ0n) is 16.6. The first kappa shape index (κ1) is 21.4. The zero-order valence-corrected chi connectivity index (χ0v) is 17.5. The van der Waals surface area contributed by atoms with Gasteiger partial charge in [-0.1, -0.05) is 26.2 Å². The van der Waals surface area contributed by atoms with Crippen molar-refractivity contribution in [1.29, 1.82) is 0 Å². The molecule has 1 aromatic rings. The van der Waals surface area contributed by atoms with Gasteiger partial charge in [0.1, 0.15) is 5.82 Å². The summed E-state index contributed by atoms with van der Waals surface area (Å²) in [5.74, 6) is 0.200. The normalized spacial score (nSPS) is 14.7. The van der Waals surface area contributed by atoms with Gasteiger partial charge < -0.3 is 20.9 Å². The van der Waals surface area contributed by atoms with Crippen LogP contribution in [0.25, 0.3) is 0 Å². The monoisotopic (exact) mass is 397 g/mol. The van der Waals surface area contributed by atoms with Gasteiger partial charge in [0.2, 0.25) is 0 Å². The van der Waals surface area contributed by atoms with Gasteiger partial charge in [0.05, 0.1) is 27.2 Å². The van der Waals surface area contributed by atoms with E-state index in [9.17, 15) is 9.59 Å². The molecule has 0 aliphatic heterocycles. The fourth-order valence-electron chi connectivity index (χ4n) is 3.47. The highest BCUT2D eigenvalue weighted by molar-refractivity contribution is 7.80. The molecule has 0 bridgehead atoms. The van der Waals surface area contributed by atoms with E-state index in [0.717, 1.165) is 45.1 Å². The van der Waals surface area contributed by atoms with Gasteiger partial charge in [-0.2, -0.15) is 0 Å². The molecule has 9 heteroatoms. The molecule has 0 unspecified atom stereocenters. The van der Waals surface area contributed by atoms with Crippen molar-refractivity contribution in [3.8, 4) is 0 Å². The molecule has 2 rings (SSSR count). The first-order valence-electron chi connectivity index (χ1n) is 9.85. The minimum absolute atomic E-state index is 0.122. The predicted octanol–water partition coefficient (Wildman–Crippen LogP) is -0.313. The molecule has 1 aliphatic rings. The Balaban J connectivity index is 2.41. The van der Waals surface area contributed by atoms with Gasteiger partial charge in [0.25, 0.3) is 5.56 Å². The van der Waals surface area contributed by atoms with Crippen LogP contribution >= 0.6 is 12.2 Å². The number of aromatic amines is 1. The van der Waals surface area contributed by atoms with Gasteiger partial charge in [0.15, 0.2) is 10.8 Å². The topological polar surface area (TPSA) is 101 Å². The third kappa shape index (κ3) is 5.32. The Bertz CT molecular complexity index is 751. The van der Waals surface area contributed by atoms with Gasteiger partial charge in [-0.15, -0.1) is 0 Å². The second-order valence-electron chi connectivity index (χ2n) is 7.50. The number of likely N-dealkylation sites (N-methyl/N-ethyl adjacent to an activating group) is 1. The third-order valence-corrected chi connectivity index (χ3v) is 5.34. The van der Waals surface area contributed by atoms with Crippen LogP contribution in [0.2, 0.25) is 0 Å². The van der Waals surface area contributed by atoms with Crippen molar-refractivity contribution in [2.45, 2.75) is 58.0 Å². The predicted molar refractivity (Wildman–Crippen MR) is 114 cm³/mol. The van der Waals surface area contributed by atoms with Crippen LogP contribution in [-0.4, -0.2) is 47.9 Å². The molecule has 0 radical (unpaired) electrons. The zero-order chi connectivity index (χ0) is 20.0. The van der Waals surface area contributed by atoms with Crippen molar-refractivity contribution in [2.75, 3.05) is 37.8 Å². The fraction of sp³-hybridized carbons (Fsp3) is 0.722. The van der Waals surface area contributed by atoms with Gasteiger partial charge in [0, 0.05) is 12.6 Å². The summed E-state index contributed by atoms with van der Waals surface area (Å²) in [6.07, 6.45) is 5.84. The maximum Gasteiger partial charge on any atom is 0.330 e. The van der Waals surface area contributed by atoms with E-state index < -0.39 is 11.2 Å². The molecule has 0 amide bonds. The quantitative estimate of drug-likeness (QED) is 0.449. The van der Waals surface area contributed by atoms with Crippen LogP contribution in [0.3, 0.4) is 0 Å². The Morgan fingerprint density at radius 2 is 2.04 bits per heavy atom. The number of hydrogen-bond donors (Lipinski definition) is 4. The van der Waals surface area contributed by atoms with Gasteiger partial charge >= 0.3 is 5.69 Å². The summed E-state index contributed by atoms with van der Waals surface area (Å²) in [7, 11) is 4.15. The van der Waals surface area contributed by atoms with Crippen LogP contribution in [0.15, 0.2) is 9.59 Å². The fourth-order valence-corrected chi connectivity index (χ4v) is 3.81. The molecular formula is C18H33N6O2S+. The van der Waals surface area contributed by atoms with Crippen LogP contribution in [0.4, 0.5) is 11.5 Å². The Morgan fingerprint density at radius 1 is 1.37 bits per heavy atom. The van der Waals surface area contributed by atoms with Crippen LogP contribution in [0.1, 0.15) is 45.4 Å². The second-order valence-corrected chi connectivity index (χ2v) is 7.88. The number of hydrogen-bond acceptors (Lipinski definition) is 4. The van der Waals surface area contributed by atoms with Crippen LogP contribution < -0.4 is 32.1 Å². The largest absolute Gasteiger partial charge is 0.383 e. The lowest BCUT2D eigenvalue weighted by Gasteiger charge is -2.32. The summed E-state index contributed by atoms with van der Waals surface area (Å²) in [6, 6.07) is 0.122. The molecule has 1 heterocycles. The van der Waals surface area contributed by atoms with Crippen molar-refractivity contribution in [1.82, 2.24) is 14.9 Å². The third-order valence-electron chi connectivity index (χ3n) is 5.00. The van der Waals surface area contributed by atoms with E-state index in [1.165, 1.54) is 9.47 Å². The minimum atomic E-state index is -0.473. The molecule has 27 heavy (non-hydrogen) atoms. The number of H-pyrrole nitrogens is 1. The minimum Gasteiger partial charge on any atom is -0.383 e. The van der Waals surface area contributed by atoms with Crippen molar-refractivity contribution in [3.05, 3.63) is 20.8 Å². The number of nitrogens with zero attached hydrogens (tertiary/aromatic N) is 2. The molecule has 0 aromatic carbocycles. The maximum atomic E-state index is 12.7. The molecular weight excluding hydrogens is 364 g/mol. The van der Waals surface area contributed by atoms with E-state index in [2.05, 4.69) is 24.4 Å². The van der Waals surface area contributed by atoms with Crippen molar-refractivity contribution in [3.63, 3.8) is 0 Å². The van der Waals surface area contributed by atoms with Crippen LogP contribution in [0.5, 0.6) is 0 Å². The number of thiocarbonyl (C=S) groups is 1. The van der Waals surface area contributed by atoms with E-state index in [0.29, 0.717) is 23.9 Å². The standard InChI is InChI=1S/C18H32N6O2S/c1-4-5-11-23-15(19)14(16(25)21-17(23)26)24(13-8-6-7-9-13)18(27)20-10-12-22(2)3/h13H,4-12,19H2,1-3H3,(H,20,27)(H,21,25,26)/p+1. The number of unbranched alkanes of at least 4 members (excludes halogenated alkanes) is 1. The summed E-state index contributed by atoms with van der Waals surface area (Å²) in [4.78, 5) is 30.5. The lowest BCUT2D eigenvalue weighted by molar-refractivity contribution is -0.856. The molecule has 0 atom stereocenters. The SMILES string of the molecule is CCCCn1c(N)c(N(C(=S)NCC[NH+](C)C)C2CCCC2)c(=O)[nH]c1=O. The summed E-state index contributed by atoms with van der Waals surface area (Å²) < 4.78 is 1.45. The number of rotatable bonds is 8. The van der Waals surface area contributed by atoms with Crippen LogP contribution in [0, 0.1) is 0 Å². The van der Waals surface area contributed by atoms with Crippen molar-refractivity contribution < 1.29 is 4.90 Å². The van der Waals surface area contributed by atoms with Gasteiger partial charge in [-0.25, -0.2) is 4.79 Å². The highest BCUT2D eigenvalue weighted by Crippen LogP contribution is 2.29. The molecule has 1 aromatic heterocycles. The van der Waals surface area contributed by atoms with E-state index in [1.54, 1.807) is 0 Å². The summed E-state index contributed by atoms with van der Waals surface area (Å²) in [6.45, 7) is 4.14. The summed E-state index contributed by atoms with van der Waals surface area (Å²) in [5.41, 5.74) is 5.68. The van der Waals surface area contributed by atoms with E-state index in [-0.39, 0.29) is 11.9 Å². The Kier molecular flexibility index (Phi) is 7.85. The number of nitrogens with two attached hydrogens (primary N) is 1. The Morgan fingerprint density at radius 3 is 2.63 bits per heavy atom. The summed E-state index contributed by atoms with van der Waals surface area (Å²) in [5, 5.41) is 3.76. The smallest absolute Gasteiger partial charge is 0.330 e.